The van der Waals surface area contributed by atoms with Crippen molar-refractivity contribution in [1.29, 1.82) is 0 Å². The molecule has 4 nitrogen and oxygen atoms in total. The average Bonchev–Trinajstić information content (AvgIpc) is 2.54. The van der Waals surface area contributed by atoms with Crippen molar-refractivity contribution in [1.82, 2.24) is 14.7 Å². The minimum Gasteiger partial charge on any atom is -0.426 e. The number of aromatic nitrogens is 3. The van der Waals surface area contributed by atoms with Crippen LogP contribution in [0.2, 0.25) is 5.15 Å². The summed E-state index contributed by atoms with van der Waals surface area (Å²) < 4.78 is 62.1. The summed E-state index contributed by atoms with van der Waals surface area (Å²) in [6, 6.07) is 2.14. The van der Waals surface area contributed by atoms with Crippen LogP contribution in [0, 0.1) is 0 Å². The number of imidazole rings is 1. The topological polar surface area (TPSA) is 50.9 Å². The fourth-order valence-electron chi connectivity index (χ4n) is 1.26. The molecule has 0 aromatic carbocycles. The van der Waals surface area contributed by atoms with E-state index in [1.165, 1.54) is 0 Å². The zero-order chi connectivity index (χ0) is 13.7. The van der Waals surface area contributed by atoms with E-state index in [2.05, 4.69) is 9.97 Å². The van der Waals surface area contributed by atoms with Crippen LogP contribution in [0.1, 0.15) is 5.82 Å². The van der Waals surface area contributed by atoms with E-state index in [1.807, 2.05) is 0 Å². The number of rotatable bonds is 1. The van der Waals surface area contributed by atoms with Crippen LogP contribution in [0.3, 0.4) is 0 Å². The Morgan fingerprint density at radius 1 is 1.11 bits per heavy atom. The molecule has 0 spiro atoms. The Bertz CT molecular complexity index is 609. The van der Waals surface area contributed by atoms with Crippen LogP contribution in [0.5, 0.6) is 0 Å². The van der Waals surface area contributed by atoms with Gasteiger partial charge in [-0.1, -0.05) is 11.6 Å². The highest BCUT2D eigenvalue weighted by Gasteiger charge is 2.62. The van der Waals surface area contributed by atoms with E-state index in [9.17, 15) is 27.2 Å². The molecular formula is C8H3ClF5N3O. The van der Waals surface area contributed by atoms with Crippen LogP contribution in [0.4, 0.5) is 22.0 Å². The van der Waals surface area contributed by atoms with Crippen molar-refractivity contribution in [3.05, 3.63) is 23.1 Å². The number of pyridine rings is 1. The highest BCUT2D eigenvalue weighted by atomic mass is 35.5. The summed E-state index contributed by atoms with van der Waals surface area (Å²) in [4.78, 5) is 6.38. The molecular weight excluding hydrogens is 285 g/mol. The first-order valence-corrected chi connectivity index (χ1v) is 4.71. The molecule has 2 aromatic heterocycles. The summed E-state index contributed by atoms with van der Waals surface area (Å²) in [5.74, 6) is -7.16. The molecule has 2 heterocycles. The molecule has 10 heteroatoms. The zero-order valence-electron chi connectivity index (χ0n) is 8.21. The molecule has 18 heavy (non-hydrogen) atoms. The van der Waals surface area contributed by atoms with Crippen LogP contribution in [0.15, 0.2) is 12.1 Å². The van der Waals surface area contributed by atoms with Crippen molar-refractivity contribution in [2.75, 3.05) is 0 Å². The number of fused-ring (bicyclic) bond motifs is 1. The highest BCUT2D eigenvalue weighted by molar-refractivity contribution is 6.29. The molecule has 0 atom stereocenters. The lowest BCUT2D eigenvalue weighted by Gasteiger charge is -2.17. The highest BCUT2D eigenvalue weighted by Crippen LogP contribution is 2.43. The van der Waals surface area contributed by atoms with E-state index in [0.29, 0.717) is 0 Å². The van der Waals surface area contributed by atoms with E-state index in [-0.39, 0.29) is 9.88 Å². The largest absolute Gasteiger partial charge is 0.461 e. The first-order valence-electron chi connectivity index (χ1n) is 4.34. The van der Waals surface area contributed by atoms with Gasteiger partial charge in [0.25, 0.3) is 0 Å². The summed E-state index contributed by atoms with van der Waals surface area (Å²) in [7, 11) is 0. The molecule has 2 rings (SSSR count). The molecule has 98 valence electrons. The summed E-state index contributed by atoms with van der Waals surface area (Å²) >= 11 is 5.43. The fourth-order valence-corrected chi connectivity index (χ4v) is 1.40. The van der Waals surface area contributed by atoms with Gasteiger partial charge in [-0.05, 0) is 12.1 Å². The number of alkyl halides is 5. The molecule has 1 N–H and O–H groups in total. The maximum atomic E-state index is 13.0. The first kappa shape index (κ1) is 12.8. The Morgan fingerprint density at radius 3 is 2.28 bits per heavy atom. The normalized spacial score (nSPS) is 13.2. The van der Waals surface area contributed by atoms with Crippen molar-refractivity contribution in [3.8, 4) is 0 Å². The van der Waals surface area contributed by atoms with Gasteiger partial charge in [0.05, 0.1) is 0 Å². The second kappa shape index (κ2) is 3.67. The summed E-state index contributed by atoms with van der Waals surface area (Å²) in [5.41, 5.74) is -0.915. The Morgan fingerprint density at radius 2 is 1.72 bits per heavy atom. The minimum atomic E-state index is -5.88. The van der Waals surface area contributed by atoms with Crippen LogP contribution < -0.4 is 0 Å². The van der Waals surface area contributed by atoms with Gasteiger partial charge in [-0.2, -0.15) is 26.7 Å². The molecule has 0 aliphatic heterocycles. The lowest BCUT2D eigenvalue weighted by molar-refractivity contribution is -0.295. The molecule has 0 saturated heterocycles. The predicted octanol–water partition coefficient (Wildman–Crippen LogP) is 2.98. The third-order valence-electron chi connectivity index (χ3n) is 2.10. The van der Waals surface area contributed by atoms with E-state index >= 15 is 0 Å². The summed E-state index contributed by atoms with van der Waals surface area (Å²) in [5, 5.41) is 9.12. The van der Waals surface area contributed by atoms with Crippen LogP contribution in [-0.2, 0) is 5.92 Å². The van der Waals surface area contributed by atoms with Crippen molar-refractivity contribution in [2.45, 2.75) is 12.1 Å². The SMILES string of the molecule is On1c(C(F)(F)C(F)(F)F)nc2nc(Cl)ccc21. The van der Waals surface area contributed by atoms with Gasteiger partial charge < -0.3 is 5.21 Å². The van der Waals surface area contributed by atoms with Gasteiger partial charge >= 0.3 is 12.1 Å². The van der Waals surface area contributed by atoms with Crippen LogP contribution in [-0.4, -0.2) is 26.1 Å². The van der Waals surface area contributed by atoms with E-state index in [1.54, 1.807) is 0 Å². The lowest BCUT2D eigenvalue weighted by atomic mass is 10.3. The van der Waals surface area contributed by atoms with Gasteiger partial charge in [-0.15, -0.1) is 0 Å². The number of hydrogen-bond donors (Lipinski definition) is 1. The van der Waals surface area contributed by atoms with Gasteiger partial charge in [0, 0.05) is 0 Å². The second-order valence-corrected chi connectivity index (χ2v) is 3.68. The molecule has 0 aliphatic carbocycles. The van der Waals surface area contributed by atoms with Gasteiger partial charge in [0.1, 0.15) is 10.7 Å². The average molecular weight is 288 g/mol. The number of nitrogens with zero attached hydrogens (tertiary/aromatic N) is 3. The van der Waals surface area contributed by atoms with Crippen molar-refractivity contribution >= 4 is 22.8 Å². The van der Waals surface area contributed by atoms with E-state index < -0.39 is 29.1 Å². The number of hydrogen-bond acceptors (Lipinski definition) is 3. The molecule has 0 fully saturated rings. The van der Waals surface area contributed by atoms with Crippen molar-refractivity contribution in [3.63, 3.8) is 0 Å². The standard InChI is InChI=1S/C8H3ClF5N3O/c9-4-2-1-3-5(15-4)16-6(17(3)18)7(10,11)8(12,13)14/h1-2,18H. The Labute approximate surface area is 101 Å². The molecule has 2 aromatic rings. The quantitative estimate of drug-likeness (QED) is 0.498. The van der Waals surface area contributed by atoms with Gasteiger partial charge in [0.2, 0.25) is 5.82 Å². The zero-order valence-corrected chi connectivity index (χ0v) is 8.97. The fraction of sp³-hybridized carbons (Fsp3) is 0.250. The first-order chi connectivity index (χ1) is 8.14. The third kappa shape index (κ3) is 1.74. The molecule has 0 unspecified atom stereocenters. The van der Waals surface area contributed by atoms with Crippen molar-refractivity contribution in [2.24, 2.45) is 0 Å². The third-order valence-corrected chi connectivity index (χ3v) is 2.31. The molecule has 0 aliphatic rings. The summed E-state index contributed by atoms with van der Waals surface area (Å²) in [6.07, 6.45) is -5.88. The molecule has 0 radical (unpaired) electrons. The monoisotopic (exact) mass is 287 g/mol. The Hall–Kier alpha value is -1.64. The smallest absolute Gasteiger partial charge is 0.426 e. The molecule has 0 amide bonds. The molecule has 0 saturated carbocycles. The number of halogens is 6. The maximum absolute atomic E-state index is 13.0. The predicted molar refractivity (Wildman–Crippen MR) is 49.7 cm³/mol. The van der Waals surface area contributed by atoms with Gasteiger partial charge in [0.15, 0.2) is 5.65 Å². The van der Waals surface area contributed by atoms with Crippen LogP contribution >= 0.6 is 11.6 Å². The van der Waals surface area contributed by atoms with Gasteiger partial charge in [-0.3, -0.25) is 0 Å². The lowest BCUT2D eigenvalue weighted by Crippen LogP contribution is -2.36. The maximum Gasteiger partial charge on any atom is 0.461 e. The summed E-state index contributed by atoms with van der Waals surface area (Å²) in [6.45, 7) is 0. The minimum absolute atomic E-state index is 0.150. The van der Waals surface area contributed by atoms with Gasteiger partial charge in [-0.25, -0.2) is 9.97 Å². The van der Waals surface area contributed by atoms with E-state index in [4.69, 9.17) is 11.6 Å². The van der Waals surface area contributed by atoms with Crippen LogP contribution in [0.25, 0.3) is 11.2 Å². The Balaban J connectivity index is 2.70. The second-order valence-electron chi connectivity index (χ2n) is 3.30. The van der Waals surface area contributed by atoms with Crippen molar-refractivity contribution < 1.29 is 27.2 Å². The van der Waals surface area contributed by atoms with E-state index in [0.717, 1.165) is 12.1 Å². The Kier molecular flexibility index (Phi) is 2.61. The molecule has 0 bridgehead atoms.